The second kappa shape index (κ2) is 7.46. The number of nitrogens with one attached hydrogen (secondary N) is 1. The molecule has 118 valence electrons. The lowest BCUT2D eigenvalue weighted by Gasteiger charge is -2.22. The summed E-state index contributed by atoms with van der Waals surface area (Å²) in [5.41, 5.74) is 2.23. The van der Waals surface area contributed by atoms with Crippen molar-refractivity contribution in [3.05, 3.63) is 29.3 Å². The highest BCUT2D eigenvalue weighted by Crippen LogP contribution is 2.21. The summed E-state index contributed by atoms with van der Waals surface area (Å²) in [4.78, 5) is 11.6. The fourth-order valence-corrected chi connectivity index (χ4v) is 1.78. The van der Waals surface area contributed by atoms with Gasteiger partial charge in [-0.25, -0.2) is 4.79 Å². The summed E-state index contributed by atoms with van der Waals surface area (Å²) >= 11 is 0. The van der Waals surface area contributed by atoms with Gasteiger partial charge in [0.25, 0.3) is 0 Å². The van der Waals surface area contributed by atoms with Crippen molar-refractivity contribution in [1.29, 1.82) is 0 Å². The Morgan fingerprint density at radius 1 is 1.29 bits per heavy atom. The Kier molecular flexibility index (Phi) is 6.21. The maximum atomic E-state index is 11.6. The summed E-state index contributed by atoms with van der Waals surface area (Å²) in [5.74, 6) is 0.373. The Morgan fingerprint density at radius 3 is 2.52 bits per heavy atom. The first-order valence-corrected chi connectivity index (χ1v) is 7.34. The Hall–Kier alpha value is -1.55. The predicted molar refractivity (Wildman–Crippen MR) is 84.5 cm³/mol. The van der Waals surface area contributed by atoms with Crippen LogP contribution >= 0.6 is 0 Å². The number of benzene rings is 1. The van der Waals surface area contributed by atoms with Crippen LogP contribution in [-0.4, -0.2) is 24.2 Å². The summed E-state index contributed by atoms with van der Waals surface area (Å²) in [7, 11) is 0. The summed E-state index contributed by atoms with van der Waals surface area (Å²) in [6.07, 6.45) is -0.124. The van der Waals surface area contributed by atoms with Gasteiger partial charge in [-0.05, 0) is 47.6 Å². The molecule has 0 heterocycles. The highest BCUT2D eigenvalue weighted by atomic mass is 16.6. The monoisotopic (exact) mass is 293 g/mol. The van der Waals surface area contributed by atoms with Crippen LogP contribution < -0.4 is 10.1 Å². The number of carbonyl (C=O) groups is 1. The third-order valence-electron chi connectivity index (χ3n) is 2.74. The molecule has 0 aliphatic heterocycles. The fourth-order valence-electron chi connectivity index (χ4n) is 1.78. The van der Waals surface area contributed by atoms with Crippen molar-refractivity contribution in [3.63, 3.8) is 0 Å². The van der Waals surface area contributed by atoms with Crippen LogP contribution in [0.1, 0.15) is 45.7 Å². The van der Waals surface area contributed by atoms with Crippen LogP contribution in [0.15, 0.2) is 18.2 Å². The lowest BCUT2D eigenvalue weighted by molar-refractivity contribution is -0.149. The molecular formula is C17H27NO3. The molecule has 0 saturated carbocycles. The second-order valence-corrected chi connectivity index (χ2v) is 6.54. The topological polar surface area (TPSA) is 47.6 Å². The van der Waals surface area contributed by atoms with Gasteiger partial charge in [-0.2, -0.15) is 0 Å². The molecule has 0 aliphatic rings. The smallest absolute Gasteiger partial charge is 0.344 e. The first-order valence-electron chi connectivity index (χ1n) is 7.34. The van der Waals surface area contributed by atoms with Gasteiger partial charge in [0.05, 0.1) is 6.10 Å². The molecule has 4 heteroatoms. The molecule has 0 unspecified atom stereocenters. The van der Waals surface area contributed by atoms with Crippen LogP contribution in [0.3, 0.4) is 0 Å². The number of carbonyl (C=O) groups excluding carboxylic acids is 1. The first kappa shape index (κ1) is 17.5. The highest BCUT2D eigenvalue weighted by molar-refractivity contribution is 5.71. The molecule has 21 heavy (non-hydrogen) atoms. The molecule has 0 spiro atoms. The highest BCUT2D eigenvalue weighted by Gasteiger charge is 2.13. The van der Waals surface area contributed by atoms with Crippen LogP contribution in [0.4, 0.5) is 0 Å². The number of aryl methyl sites for hydroxylation is 1. The number of esters is 1. The van der Waals surface area contributed by atoms with E-state index in [0.29, 0.717) is 6.54 Å². The molecule has 0 radical (unpaired) electrons. The molecule has 0 amide bonds. The van der Waals surface area contributed by atoms with Crippen LogP contribution in [0.25, 0.3) is 0 Å². The van der Waals surface area contributed by atoms with Crippen molar-refractivity contribution in [2.45, 2.75) is 59.7 Å². The molecule has 0 saturated heterocycles. The van der Waals surface area contributed by atoms with Crippen molar-refractivity contribution in [1.82, 2.24) is 5.32 Å². The molecule has 1 N–H and O–H groups in total. The zero-order chi connectivity index (χ0) is 16.0. The zero-order valence-electron chi connectivity index (χ0n) is 13.9. The summed E-state index contributed by atoms with van der Waals surface area (Å²) in [6, 6.07) is 5.95. The van der Waals surface area contributed by atoms with Gasteiger partial charge >= 0.3 is 5.97 Å². The van der Waals surface area contributed by atoms with Gasteiger partial charge < -0.3 is 14.8 Å². The minimum absolute atomic E-state index is 0.0254. The molecule has 1 aromatic rings. The quantitative estimate of drug-likeness (QED) is 0.818. The molecule has 4 nitrogen and oxygen atoms in total. The fraction of sp³-hybridized carbons (Fsp3) is 0.588. The Labute approximate surface area is 127 Å². The summed E-state index contributed by atoms with van der Waals surface area (Å²) < 4.78 is 10.7. The largest absolute Gasteiger partial charge is 0.482 e. The van der Waals surface area contributed by atoms with Gasteiger partial charge in [-0.3, -0.25) is 0 Å². The van der Waals surface area contributed by atoms with Crippen molar-refractivity contribution in [3.8, 4) is 5.75 Å². The summed E-state index contributed by atoms with van der Waals surface area (Å²) in [6.45, 7) is 12.7. The van der Waals surface area contributed by atoms with Gasteiger partial charge in [0, 0.05) is 17.6 Å². The van der Waals surface area contributed by atoms with Crippen LogP contribution in [0.2, 0.25) is 0 Å². The van der Waals surface area contributed by atoms with E-state index in [9.17, 15) is 4.79 Å². The lowest BCUT2D eigenvalue weighted by atomic mass is 10.1. The molecule has 0 bridgehead atoms. The molecule has 0 fully saturated rings. The van der Waals surface area contributed by atoms with Crippen molar-refractivity contribution < 1.29 is 14.3 Å². The van der Waals surface area contributed by atoms with E-state index in [4.69, 9.17) is 9.47 Å². The van der Waals surface area contributed by atoms with Gasteiger partial charge in [0.15, 0.2) is 6.61 Å². The van der Waals surface area contributed by atoms with E-state index in [1.807, 2.05) is 32.9 Å². The Morgan fingerprint density at radius 2 is 1.95 bits per heavy atom. The third kappa shape index (κ3) is 7.14. The standard InChI is InChI=1S/C17H27NO3/c1-12(2)21-16(19)11-20-15-8-7-13(3)9-14(15)10-18-17(4,5)6/h7-9,12,18H,10-11H2,1-6H3. The maximum Gasteiger partial charge on any atom is 0.344 e. The summed E-state index contributed by atoms with van der Waals surface area (Å²) in [5, 5.41) is 3.43. The Balaban J connectivity index is 2.70. The van der Waals surface area contributed by atoms with Gasteiger partial charge in [0.2, 0.25) is 0 Å². The first-order chi connectivity index (χ1) is 9.67. The van der Waals surface area contributed by atoms with Crippen molar-refractivity contribution in [2.75, 3.05) is 6.61 Å². The van der Waals surface area contributed by atoms with E-state index in [-0.39, 0.29) is 24.2 Å². The molecular weight excluding hydrogens is 266 g/mol. The molecule has 1 rings (SSSR count). The zero-order valence-corrected chi connectivity index (χ0v) is 13.9. The van der Waals surface area contributed by atoms with E-state index in [1.54, 1.807) is 0 Å². The number of rotatable bonds is 6. The van der Waals surface area contributed by atoms with Crippen LogP contribution in [-0.2, 0) is 16.1 Å². The molecule has 0 aromatic heterocycles. The molecule has 1 aromatic carbocycles. The van der Waals surface area contributed by atoms with E-state index >= 15 is 0 Å². The average Bonchev–Trinajstić information content (AvgIpc) is 2.33. The molecule has 0 aliphatic carbocycles. The van der Waals surface area contributed by atoms with E-state index in [0.717, 1.165) is 16.9 Å². The Bertz CT molecular complexity index is 475. The van der Waals surface area contributed by atoms with E-state index in [2.05, 4.69) is 32.2 Å². The normalized spacial score (nSPS) is 11.6. The van der Waals surface area contributed by atoms with Crippen molar-refractivity contribution >= 4 is 5.97 Å². The number of hydrogen-bond donors (Lipinski definition) is 1. The second-order valence-electron chi connectivity index (χ2n) is 6.54. The SMILES string of the molecule is Cc1ccc(OCC(=O)OC(C)C)c(CNC(C)(C)C)c1. The van der Waals surface area contributed by atoms with Crippen LogP contribution in [0.5, 0.6) is 5.75 Å². The average molecular weight is 293 g/mol. The maximum absolute atomic E-state index is 11.6. The van der Waals surface area contributed by atoms with Gasteiger partial charge in [-0.15, -0.1) is 0 Å². The van der Waals surface area contributed by atoms with Gasteiger partial charge in [-0.1, -0.05) is 17.7 Å². The van der Waals surface area contributed by atoms with Crippen LogP contribution in [0, 0.1) is 6.92 Å². The number of ether oxygens (including phenoxy) is 2. The molecule has 0 atom stereocenters. The van der Waals surface area contributed by atoms with Crippen molar-refractivity contribution in [2.24, 2.45) is 0 Å². The number of hydrogen-bond acceptors (Lipinski definition) is 4. The predicted octanol–water partition coefficient (Wildman–Crippen LogP) is 3.21. The van der Waals surface area contributed by atoms with E-state index < -0.39 is 0 Å². The van der Waals surface area contributed by atoms with E-state index in [1.165, 1.54) is 0 Å². The van der Waals surface area contributed by atoms with Gasteiger partial charge in [0.1, 0.15) is 5.75 Å². The lowest BCUT2D eigenvalue weighted by Crippen LogP contribution is -2.35. The third-order valence-corrected chi connectivity index (χ3v) is 2.74. The minimum Gasteiger partial charge on any atom is -0.482 e. The minimum atomic E-state index is -0.347.